The number of hydrogen-bond donors (Lipinski definition) is 1. The van der Waals surface area contributed by atoms with E-state index < -0.39 is 0 Å². The predicted molar refractivity (Wildman–Crippen MR) is 77.9 cm³/mol. The van der Waals surface area contributed by atoms with Crippen LogP contribution in [0.1, 0.15) is 50.8 Å². The van der Waals surface area contributed by atoms with E-state index in [9.17, 15) is 4.79 Å². The molecule has 1 aliphatic carbocycles. The minimum Gasteiger partial charge on any atom is -0.319 e. The van der Waals surface area contributed by atoms with Crippen LogP contribution in [-0.2, 0) is 4.79 Å². The van der Waals surface area contributed by atoms with Crippen molar-refractivity contribution in [3.8, 4) is 0 Å². The fraction of sp³-hybridized carbons (Fsp3) is 0.667. The average Bonchev–Trinajstić information content (AvgIpc) is 2.98. The van der Waals surface area contributed by atoms with Crippen molar-refractivity contribution in [3.63, 3.8) is 0 Å². The average molecular weight is 278 g/mol. The van der Waals surface area contributed by atoms with Gasteiger partial charge in [0, 0.05) is 6.04 Å². The van der Waals surface area contributed by atoms with E-state index in [1.807, 2.05) is 0 Å². The van der Waals surface area contributed by atoms with Gasteiger partial charge >= 0.3 is 0 Å². The topological polar surface area (TPSA) is 32.3 Å². The molecule has 1 aliphatic heterocycles. The second kappa shape index (κ2) is 5.63. The molecule has 3 atom stereocenters. The number of thiophene rings is 1. The number of carbonyl (C=O) groups excluding carboxylic acids is 1. The predicted octanol–water partition coefficient (Wildman–Crippen LogP) is 3.15. The van der Waals surface area contributed by atoms with Crippen molar-refractivity contribution in [1.82, 2.24) is 10.2 Å². The lowest BCUT2D eigenvalue weighted by Gasteiger charge is -2.32. The Balaban J connectivity index is 1.78. The van der Waals surface area contributed by atoms with E-state index in [0.29, 0.717) is 12.6 Å². The Morgan fingerprint density at radius 1 is 1.32 bits per heavy atom. The lowest BCUT2D eigenvalue weighted by molar-refractivity contribution is -0.130. The Morgan fingerprint density at radius 3 is 3.00 bits per heavy atom. The number of nitrogens with zero attached hydrogens (tertiary/aromatic N) is 1. The largest absolute Gasteiger partial charge is 0.319 e. The minimum atomic E-state index is 0.108. The van der Waals surface area contributed by atoms with Crippen molar-refractivity contribution in [2.45, 2.75) is 51.2 Å². The molecule has 1 N–H and O–H groups in total. The molecule has 104 valence electrons. The first-order valence-electron chi connectivity index (χ1n) is 7.32. The maximum Gasteiger partial charge on any atom is 0.238 e. The monoisotopic (exact) mass is 278 g/mol. The number of carbonyl (C=O) groups is 1. The summed E-state index contributed by atoms with van der Waals surface area (Å²) in [5, 5.41) is 7.62. The summed E-state index contributed by atoms with van der Waals surface area (Å²) in [6.45, 7) is 2.83. The molecule has 0 bridgehead atoms. The molecule has 3 nitrogen and oxygen atoms in total. The van der Waals surface area contributed by atoms with Crippen molar-refractivity contribution in [1.29, 1.82) is 0 Å². The Kier molecular flexibility index (Phi) is 3.89. The molecule has 1 aromatic heterocycles. The molecule has 3 unspecified atom stereocenters. The molecule has 0 radical (unpaired) electrons. The van der Waals surface area contributed by atoms with Gasteiger partial charge in [-0.1, -0.05) is 19.8 Å². The molecule has 1 aromatic rings. The first kappa shape index (κ1) is 13.1. The molecule has 2 aliphatic rings. The van der Waals surface area contributed by atoms with Crippen molar-refractivity contribution < 1.29 is 4.79 Å². The standard InChI is InChI=1S/C15H22N2OS/c1-11-3-2-4-13(6-5-11)17-14(18)9-16-15(17)12-7-8-19-10-12/h7-8,10-11,13,15-16H,2-6,9H2,1H3. The third kappa shape index (κ3) is 2.70. The van der Waals surface area contributed by atoms with Gasteiger partial charge in [0.1, 0.15) is 6.17 Å². The summed E-state index contributed by atoms with van der Waals surface area (Å²) >= 11 is 1.70. The van der Waals surface area contributed by atoms with Gasteiger partial charge in [0.05, 0.1) is 6.54 Å². The number of nitrogens with one attached hydrogen (secondary N) is 1. The van der Waals surface area contributed by atoms with Gasteiger partial charge in [0.25, 0.3) is 0 Å². The van der Waals surface area contributed by atoms with Crippen LogP contribution in [0.2, 0.25) is 0 Å². The number of rotatable bonds is 2. The second-order valence-corrected chi connectivity index (χ2v) is 6.69. The molecule has 4 heteroatoms. The fourth-order valence-corrected chi connectivity index (χ4v) is 4.07. The van der Waals surface area contributed by atoms with Gasteiger partial charge in [0.2, 0.25) is 5.91 Å². The molecule has 2 fully saturated rings. The van der Waals surface area contributed by atoms with Crippen LogP contribution < -0.4 is 5.32 Å². The Hall–Kier alpha value is -0.870. The summed E-state index contributed by atoms with van der Waals surface area (Å²) in [7, 11) is 0. The highest BCUT2D eigenvalue weighted by Gasteiger charge is 2.37. The zero-order valence-electron chi connectivity index (χ0n) is 11.5. The summed E-state index contributed by atoms with van der Waals surface area (Å²) in [6.07, 6.45) is 6.26. The number of amides is 1. The van der Waals surface area contributed by atoms with E-state index in [0.717, 1.165) is 12.3 Å². The quantitative estimate of drug-likeness (QED) is 0.843. The molecule has 2 heterocycles. The minimum absolute atomic E-state index is 0.108. The van der Waals surface area contributed by atoms with Gasteiger partial charge in [-0.2, -0.15) is 11.3 Å². The highest BCUT2D eigenvalue weighted by atomic mass is 32.1. The third-order valence-corrected chi connectivity index (χ3v) is 5.19. The van der Waals surface area contributed by atoms with E-state index in [1.165, 1.54) is 31.2 Å². The highest BCUT2D eigenvalue weighted by molar-refractivity contribution is 7.07. The third-order valence-electron chi connectivity index (χ3n) is 4.49. The maximum atomic E-state index is 12.2. The molecule has 0 spiro atoms. The van der Waals surface area contributed by atoms with E-state index in [2.05, 4.69) is 34.0 Å². The Labute approximate surface area is 119 Å². The van der Waals surface area contributed by atoms with Crippen LogP contribution in [0.25, 0.3) is 0 Å². The second-order valence-electron chi connectivity index (χ2n) is 5.91. The van der Waals surface area contributed by atoms with Crippen LogP contribution in [0.5, 0.6) is 0 Å². The van der Waals surface area contributed by atoms with Crippen LogP contribution >= 0.6 is 11.3 Å². The van der Waals surface area contributed by atoms with Crippen molar-refractivity contribution in [3.05, 3.63) is 22.4 Å². The van der Waals surface area contributed by atoms with Gasteiger partial charge in [-0.05, 0) is 47.6 Å². The molecule has 1 saturated heterocycles. The van der Waals surface area contributed by atoms with Gasteiger partial charge < -0.3 is 4.90 Å². The zero-order valence-corrected chi connectivity index (χ0v) is 12.3. The fourth-order valence-electron chi connectivity index (χ4n) is 3.39. The summed E-state index contributed by atoms with van der Waals surface area (Å²) < 4.78 is 0. The molecule has 1 saturated carbocycles. The summed E-state index contributed by atoms with van der Waals surface area (Å²) in [5.41, 5.74) is 1.24. The van der Waals surface area contributed by atoms with Gasteiger partial charge in [-0.3, -0.25) is 10.1 Å². The lowest BCUT2D eigenvalue weighted by atomic mass is 10.0. The van der Waals surface area contributed by atoms with Crippen molar-refractivity contribution >= 4 is 17.2 Å². The zero-order chi connectivity index (χ0) is 13.2. The van der Waals surface area contributed by atoms with Gasteiger partial charge in [-0.25, -0.2) is 0 Å². The van der Waals surface area contributed by atoms with Gasteiger partial charge in [0.15, 0.2) is 0 Å². The van der Waals surface area contributed by atoms with Crippen LogP contribution in [0, 0.1) is 5.92 Å². The highest BCUT2D eigenvalue weighted by Crippen LogP contribution is 2.33. The molecular weight excluding hydrogens is 256 g/mol. The Morgan fingerprint density at radius 2 is 2.21 bits per heavy atom. The summed E-state index contributed by atoms with van der Waals surface area (Å²) in [5.74, 6) is 1.09. The summed E-state index contributed by atoms with van der Waals surface area (Å²) in [4.78, 5) is 14.4. The molecule has 0 aromatic carbocycles. The number of hydrogen-bond acceptors (Lipinski definition) is 3. The van der Waals surface area contributed by atoms with Crippen LogP contribution in [-0.4, -0.2) is 23.4 Å². The normalized spacial score (nSPS) is 32.6. The Bertz CT molecular complexity index is 431. The van der Waals surface area contributed by atoms with E-state index in [4.69, 9.17) is 0 Å². The first-order valence-corrected chi connectivity index (χ1v) is 8.26. The summed E-state index contributed by atoms with van der Waals surface area (Å²) in [6, 6.07) is 2.56. The molecule has 19 heavy (non-hydrogen) atoms. The van der Waals surface area contributed by atoms with Crippen molar-refractivity contribution in [2.75, 3.05) is 6.54 Å². The van der Waals surface area contributed by atoms with E-state index in [1.54, 1.807) is 11.3 Å². The lowest BCUT2D eigenvalue weighted by Crippen LogP contribution is -2.39. The van der Waals surface area contributed by atoms with E-state index >= 15 is 0 Å². The van der Waals surface area contributed by atoms with Crippen LogP contribution in [0.3, 0.4) is 0 Å². The smallest absolute Gasteiger partial charge is 0.238 e. The molecule has 1 amide bonds. The van der Waals surface area contributed by atoms with Crippen LogP contribution in [0.4, 0.5) is 0 Å². The van der Waals surface area contributed by atoms with Crippen molar-refractivity contribution in [2.24, 2.45) is 5.92 Å². The maximum absolute atomic E-state index is 12.2. The van der Waals surface area contributed by atoms with Crippen LogP contribution in [0.15, 0.2) is 16.8 Å². The van der Waals surface area contributed by atoms with Gasteiger partial charge in [-0.15, -0.1) is 0 Å². The molecular formula is C15H22N2OS. The van der Waals surface area contributed by atoms with E-state index in [-0.39, 0.29) is 12.1 Å². The molecule has 3 rings (SSSR count). The first-order chi connectivity index (χ1) is 9.25. The SMILES string of the molecule is CC1CCCC(N2C(=O)CNC2c2ccsc2)CC1.